The second kappa shape index (κ2) is 5.24. The molecule has 5 heteroatoms. The maximum absolute atomic E-state index is 13.6. The predicted octanol–water partition coefficient (Wildman–Crippen LogP) is 2.32. The van der Waals surface area contributed by atoms with Crippen LogP contribution in [-0.2, 0) is 0 Å². The maximum Gasteiger partial charge on any atom is 0.256 e. The van der Waals surface area contributed by atoms with Crippen molar-refractivity contribution < 1.29 is 14.3 Å². The van der Waals surface area contributed by atoms with E-state index < -0.39 is 5.82 Å². The van der Waals surface area contributed by atoms with E-state index >= 15 is 0 Å². The first-order valence-corrected chi connectivity index (χ1v) is 6.29. The van der Waals surface area contributed by atoms with Crippen molar-refractivity contribution in [2.45, 2.75) is 19.4 Å². The van der Waals surface area contributed by atoms with Gasteiger partial charge in [-0.2, -0.15) is 0 Å². The Kier molecular flexibility index (Phi) is 3.88. The second-order valence-electron chi connectivity index (χ2n) is 4.71. The minimum absolute atomic E-state index is 0.0121. The van der Waals surface area contributed by atoms with Crippen molar-refractivity contribution in [3.05, 3.63) is 34.6 Å². The lowest BCUT2D eigenvalue weighted by molar-refractivity contribution is 0.0295. The smallest absolute Gasteiger partial charge is 0.256 e. The highest BCUT2D eigenvalue weighted by molar-refractivity contribution is 6.30. The zero-order chi connectivity index (χ0) is 13.3. The average Bonchev–Trinajstić information content (AvgIpc) is 2.32. The van der Waals surface area contributed by atoms with E-state index in [0.717, 1.165) is 6.07 Å². The topological polar surface area (TPSA) is 40.5 Å². The van der Waals surface area contributed by atoms with E-state index in [1.807, 2.05) is 6.92 Å². The van der Waals surface area contributed by atoms with E-state index in [1.54, 1.807) is 4.90 Å². The van der Waals surface area contributed by atoms with E-state index in [4.69, 9.17) is 11.6 Å². The predicted molar refractivity (Wildman–Crippen MR) is 67.1 cm³/mol. The van der Waals surface area contributed by atoms with Gasteiger partial charge in [0, 0.05) is 18.1 Å². The highest BCUT2D eigenvalue weighted by Gasteiger charge is 2.28. The van der Waals surface area contributed by atoms with Crippen LogP contribution in [0, 0.1) is 11.7 Å². The van der Waals surface area contributed by atoms with E-state index in [9.17, 15) is 14.3 Å². The number of carbonyl (C=O) groups is 1. The quantitative estimate of drug-likeness (QED) is 0.852. The summed E-state index contributed by atoms with van der Waals surface area (Å²) >= 11 is 5.65. The zero-order valence-corrected chi connectivity index (χ0v) is 10.8. The highest BCUT2D eigenvalue weighted by Crippen LogP contribution is 2.21. The third-order valence-electron chi connectivity index (χ3n) is 3.31. The van der Waals surface area contributed by atoms with Gasteiger partial charge in [0.15, 0.2) is 0 Å². The minimum Gasteiger partial charge on any atom is -0.393 e. The van der Waals surface area contributed by atoms with Gasteiger partial charge in [-0.25, -0.2) is 4.39 Å². The van der Waals surface area contributed by atoms with Crippen molar-refractivity contribution in [1.82, 2.24) is 4.90 Å². The molecule has 3 nitrogen and oxygen atoms in total. The molecule has 2 rings (SSSR count). The summed E-state index contributed by atoms with van der Waals surface area (Å²) in [6, 6.07) is 4.03. The standard InChI is InChI=1S/C13H15ClFNO2/c1-8-7-16(5-4-12(8)17)13(18)10-3-2-9(14)6-11(10)15/h2-3,6,8,12,17H,4-5,7H2,1H3. The summed E-state index contributed by atoms with van der Waals surface area (Å²) in [5, 5.41) is 9.88. The van der Waals surface area contributed by atoms with Gasteiger partial charge in [0.1, 0.15) is 5.82 Å². The molecule has 0 aromatic heterocycles. The SMILES string of the molecule is CC1CN(C(=O)c2ccc(Cl)cc2F)CCC1O. The number of piperidine rings is 1. The van der Waals surface area contributed by atoms with Gasteiger partial charge in [0.2, 0.25) is 0 Å². The van der Waals surface area contributed by atoms with Gasteiger partial charge < -0.3 is 10.0 Å². The van der Waals surface area contributed by atoms with Gasteiger partial charge >= 0.3 is 0 Å². The summed E-state index contributed by atoms with van der Waals surface area (Å²) in [6.45, 7) is 2.77. The molecule has 2 unspecified atom stereocenters. The first-order valence-electron chi connectivity index (χ1n) is 5.91. The van der Waals surface area contributed by atoms with Gasteiger partial charge in [-0.1, -0.05) is 18.5 Å². The lowest BCUT2D eigenvalue weighted by atomic mass is 9.96. The Balaban J connectivity index is 2.16. The molecule has 1 N–H and O–H groups in total. The van der Waals surface area contributed by atoms with Crippen LogP contribution in [0.2, 0.25) is 5.02 Å². The molecule has 0 saturated carbocycles. The summed E-state index contributed by atoms with van der Waals surface area (Å²) in [7, 11) is 0. The molecule has 1 saturated heterocycles. The summed E-state index contributed by atoms with van der Waals surface area (Å²) in [6.07, 6.45) is 0.145. The third kappa shape index (κ3) is 2.65. The van der Waals surface area contributed by atoms with Gasteiger partial charge in [-0.3, -0.25) is 4.79 Å². The maximum atomic E-state index is 13.6. The van der Waals surface area contributed by atoms with Crippen LogP contribution in [-0.4, -0.2) is 35.1 Å². The molecule has 1 amide bonds. The Hall–Kier alpha value is -1.13. The van der Waals surface area contributed by atoms with Crippen molar-refractivity contribution in [1.29, 1.82) is 0 Å². The fourth-order valence-corrected chi connectivity index (χ4v) is 2.31. The molecule has 0 radical (unpaired) electrons. The van der Waals surface area contributed by atoms with Crippen LogP contribution in [0.15, 0.2) is 18.2 Å². The Morgan fingerprint density at radius 1 is 1.56 bits per heavy atom. The molecular formula is C13H15ClFNO2. The molecule has 18 heavy (non-hydrogen) atoms. The number of hydrogen-bond acceptors (Lipinski definition) is 2. The van der Waals surface area contributed by atoms with Gasteiger partial charge in [-0.05, 0) is 30.5 Å². The molecule has 1 aliphatic heterocycles. The molecule has 98 valence electrons. The molecule has 1 aromatic carbocycles. The van der Waals surface area contributed by atoms with Crippen molar-refractivity contribution >= 4 is 17.5 Å². The van der Waals surface area contributed by atoms with Crippen LogP contribution in [0.5, 0.6) is 0 Å². The minimum atomic E-state index is -0.605. The monoisotopic (exact) mass is 271 g/mol. The number of aliphatic hydroxyl groups is 1. The van der Waals surface area contributed by atoms with Crippen LogP contribution in [0.3, 0.4) is 0 Å². The van der Waals surface area contributed by atoms with Crippen molar-refractivity contribution in [2.75, 3.05) is 13.1 Å². The highest BCUT2D eigenvalue weighted by atomic mass is 35.5. The van der Waals surface area contributed by atoms with Crippen molar-refractivity contribution in [2.24, 2.45) is 5.92 Å². The molecular weight excluding hydrogens is 257 g/mol. The van der Waals surface area contributed by atoms with Crippen molar-refractivity contribution in [3.63, 3.8) is 0 Å². The Bertz CT molecular complexity index is 466. The zero-order valence-electron chi connectivity index (χ0n) is 10.1. The van der Waals surface area contributed by atoms with Crippen LogP contribution in [0.1, 0.15) is 23.7 Å². The summed E-state index contributed by atoms with van der Waals surface area (Å²) in [5.41, 5.74) is 0.0305. The molecule has 2 atom stereocenters. The number of nitrogens with zero attached hydrogens (tertiary/aromatic N) is 1. The summed E-state index contributed by atoms with van der Waals surface area (Å²) in [4.78, 5) is 13.7. The van der Waals surface area contributed by atoms with Crippen LogP contribution >= 0.6 is 11.6 Å². The van der Waals surface area contributed by atoms with E-state index in [0.29, 0.717) is 19.5 Å². The number of rotatable bonds is 1. The van der Waals surface area contributed by atoms with Gasteiger partial charge in [0.25, 0.3) is 5.91 Å². The number of carbonyl (C=O) groups excluding carboxylic acids is 1. The van der Waals surface area contributed by atoms with Crippen LogP contribution in [0.4, 0.5) is 4.39 Å². The van der Waals surface area contributed by atoms with Crippen LogP contribution in [0.25, 0.3) is 0 Å². The molecule has 1 aliphatic rings. The lowest BCUT2D eigenvalue weighted by Gasteiger charge is -2.34. The number of aliphatic hydroxyl groups excluding tert-OH is 1. The fourth-order valence-electron chi connectivity index (χ4n) is 2.15. The number of likely N-dealkylation sites (tertiary alicyclic amines) is 1. The first kappa shape index (κ1) is 13.3. The normalized spacial score (nSPS) is 24.1. The number of halogens is 2. The molecule has 0 aliphatic carbocycles. The fraction of sp³-hybridized carbons (Fsp3) is 0.462. The van der Waals surface area contributed by atoms with Crippen molar-refractivity contribution in [3.8, 4) is 0 Å². The molecule has 0 spiro atoms. The largest absolute Gasteiger partial charge is 0.393 e. The summed E-state index contributed by atoms with van der Waals surface area (Å²) in [5.74, 6) is -0.938. The Morgan fingerprint density at radius 3 is 2.89 bits per heavy atom. The molecule has 1 aromatic rings. The van der Waals surface area contributed by atoms with Crippen LogP contribution < -0.4 is 0 Å². The molecule has 1 fully saturated rings. The Morgan fingerprint density at radius 2 is 2.28 bits per heavy atom. The number of amides is 1. The Labute approximate surface area is 110 Å². The third-order valence-corrected chi connectivity index (χ3v) is 3.54. The number of hydrogen-bond donors (Lipinski definition) is 1. The summed E-state index contributed by atoms with van der Waals surface area (Å²) < 4.78 is 13.6. The van der Waals surface area contributed by atoms with E-state index in [1.165, 1.54) is 12.1 Å². The average molecular weight is 272 g/mol. The molecule has 1 heterocycles. The first-order chi connectivity index (χ1) is 8.49. The number of benzene rings is 1. The lowest BCUT2D eigenvalue weighted by Crippen LogP contribution is -2.45. The second-order valence-corrected chi connectivity index (χ2v) is 5.15. The van der Waals surface area contributed by atoms with Gasteiger partial charge in [0.05, 0.1) is 11.7 Å². The van der Waals surface area contributed by atoms with E-state index in [-0.39, 0.29) is 28.5 Å². The molecule has 0 bridgehead atoms. The van der Waals surface area contributed by atoms with Gasteiger partial charge in [-0.15, -0.1) is 0 Å². The van der Waals surface area contributed by atoms with E-state index in [2.05, 4.69) is 0 Å².